The van der Waals surface area contributed by atoms with Crippen molar-refractivity contribution in [2.45, 2.75) is 71.0 Å². The fourth-order valence-corrected chi connectivity index (χ4v) is 3.55. The van der Waals surface area contributed by atoms with Crippen molar-refractivity contribution in [3.05, 3.63) is 47.5 Å². The van der Waals surface area contributed by atoms with E-state index in [4.69, 9.17) is 9.15 Å². The van der Waals surface area contributed by atoms with Crippen LogP contribution in [0.2, 0.25) is 0 Å². The van der Waals surface area contributed by atoms with Gasteiger partial charge in [-0.2, -0.15) is 0 Å². The Morgan fingerprint density at radius 1 is 1.36 bits per heavy atom. The van der Waals surface area contributed by atoms with Gasteiger partial charge in [0.1, 0.15) is 5.76 Å². The van der Waals surface area contributed by atoms with Gasteiger partial charge in [0.15, 0.2) is 0 Å². The van der Waals surface area contributed by atoms with Gasteiger partial charge in [-0.3, -0.25) is 0 Å². The van der Waals surface area contributed by atoms with E-state index in [1.54, 1.807) is 0 Å². The summed E-state index contributed by atoms with van der Waals surface area (Å²) in [6.07, 6.45) is 11.1. The molecule has 2 bridgehead atoms. The van der Waals surface area contributed by atoms with Crippen molar-refractivity contribution in [1.82, 2.24) is 0 Å². The number of allylic oxidation sites excluding steroid dienone is 3. The molecule has 1 saturated heterocycles. The Balaban J connectivity index is 1.78. The van der Waals surface area contributed by atoms with Crippen LogP contribution in [-0.4, -0.2) is 11.7 Å². The van der Waals surface area contributed by atoms with Gasteiger partial charge in [-0.25, -0.2) is 0 Å². The molecule has 0 amide bonds. The van der Waals surface area contributed by atoms with Crippen LogP contribution in [0, 0.1) is 5.92 Å². The molecule has 1 aromatic heterocycles. The first-order chi connectivity index (χ1) is 10.5. The number of fused-ring (bicyclic) bond motifs is 3. The largest absolute Gasteiger partial charge is 0.469 e. The van der Waals surface area contributed by atoms with Gasteiger partial charge in [0.25, 0.3) is 0 Å². The predicted molar refractivity (Wildman–Crippen MR) is 89.9 cm³/mol. The average Bonchev–Trinajstić information content (AvgIpc) is 2.86. The summed E-state index contributed by atoms with van der Waals surface area (Å²) in [5, 5.41) is 0. The van der Waals surface area contributed by atoms with E-state index < -0.39 is 0 Å². The molecule has 2 nitrogen and oxygen atoms in total. The maximum Gasteiger partial charge on any atom is 0.107 e. The average molecular weight is 300 g/mol. The third kappa shape index (κ3) is 3.55. The highest BCUT2D eigenvalue weighted by atomic mass is 16.6. The summed E-state index contributed by atoms with van der Waals surface area (Å²) in [6, 6.07) is 2.20. The van der Waals surface area contributed by atoms with Crippen LogP contribution in [0.25, 0.3) is 0 Å². The van der Waals surface area contributed by atoms with E-state index in [1.807, 2.05) is 6.26 Å². The third-order valence-electron chi connectivity index (χ3n) is 5.28. The van der Waals surface area contributed by atoms with Gasteiger partial charge in [-0.1, -0.05) is 23.8 Å². The normalized spacial score (nSPS) is 32.6. The van der Waals surface area contributed by atoms with Crippen molar-refractivity contribution in [3.63, 3.8) is 0 Å². The molecule has 0 radical (unpaired) electrons. The second kappa shape index (κ2) is 6.08. The molecule has 120 valence electrons. The van der Waals surface area contributed by atoms with Gasteiger partial charge in [-0.05, 0) is 70.4 Å². The molecule has 1 aliphatic heterocycles. The molecule has 1 fully saturated rings. The van der Waals surface area contributed by atoms with E-state index in [0.717, 1.165) is 37.9 Å². The van der Waals surface area contributed by atoms with Crippen LogP contribution >= 0.6 is 0 Å². The summed E-state index contributed by atoms with van der Waals surface area (Å²) < 4.78 is 11.8. The lowest BCUT2D eigenvalue weighted by Gasteiger charge is -2.17. The molecule has 3 rings (SSSR count). The Labute approximate surface area is 134 Å². The van der Waals surface area contributed by atoms with Gasteiger partial charge in [0.2, 0.25) is 0 Å². The lowest BCUT2D eigenvalue weighted by atomic mass is 9.86. The van der Waals surface area contributed by atoms with Crippen LogP contribution in [-0.2, 0) is 17.6 Å². The molecule has 0 aromatic carbocycles. The van der Waals surface area contributed by atoms with E-state index in [0.29, 0.717) is 12.0 Å². The number of hydrogen-bond donors (Lipinski definition) is 0. The molecule has 0 unspecified atom stereocenters. The monoisotopic (exact) mass is 300 g/mol. The minimum Gasteiger partial charge on any atom is -0.469 e. The lowest BCUT2D eigenvalue weighted by molar-refractivity contribution is 0.287. The Kier molecular flexibility index (Phi) is 4.31. The molecule has 0 spiro atoms. The second-order valence-corrected chi connectivity index (χ2v) is 7.42. The highest BCUT2D eigenvalue weighted by molar-refractivity contribution is 5.19. The molecule has 2 aliphatic rings. The van der Waals surface area contributed by atoms with Crippen LogP contribution in [0.3, 0.4) is 0 Å². The van der Waals surface area contributed by atoms with E-state index in [9.17, 15) is 0 Å². The van der Waals surface area contributed by atoms with Gasteiger partial charge in [-0.15, -0.1) is 0 Å². The summed E-state index contributed by atoms with van der Waals surface area (Å²) in [4.78, 5) is 0. The van der Waals surface area contributed by atoms with E-state index >= 15 is 0 Å². The minimum absolute atomic E-state index is 0.0438. The smallest absolute Gasteiger partial charge is 0.107 e. The molecule has 22 heavy (non-hydrogen) atoms. The van der Waals surface area contributed by atoms with Crippen LogP contribution in [0.1, 0.15) is 57.8 Å². The SMILES string of the molecule is C=C(C)[C@@H]1CCC(C)=CCCc2coc(c2)C[C@]2(C)O[C@H]2C1. The topological polar surface area (TPSA) is 25.7 Å². The zero-order chi connectivity index (χ0) is 15.7. The van der Waals surface area contributed by atoms with E-state index in [1.165, 1.54) is 23.1 Å². The van der Waals surface area contributed by atoms with Crippen molar-refractivity contribution in [3.8, 4) is 0 Å². The number of hydrogen-bond acceptors (Lipinski definition) is 2. The number of furan rings is 1. The quantitative estimate of drug-likeness (QED) is 0.524. The van der Waals surface area contributed by atoms with Gasteiger partial charge in [0, 0.05) is 6.42 Å². The number of ether oxygens (including phenoxy) is 1. The molecule has 2 heterocycles. The van der Waals surface area contributed by atoms with Crippen molar-refractivity contribution < 1.29 is 9.15 Å². The molecular formula is C20H28O2. The molecule has 3 atom stereocenters. The highest BCUT2D eigenvalue weighted by Crippen LogP contribution is 2.44. The first-order valence-electron chi connectivity index (χ1n) is 8.51. The summed E-state index contributed by atoms with van der Waals surface area (Å²) in [6.45, 7) is 10.8. The Bertz CT molecular complexity index is 580. The maximum absolute atomic E-state index is 6.04. The van der Waals surface area contributed by atoms with Crippen molar-refractivity contribution >= 4 is 0 Å². The van der Waals surface area contributed by atoms with Gasteiger partial charge < -0.3 is 9.15 Å². The van der Waals surface area contributed by atoms with Crippen molar-refractivity contribution in [1.29, 1.82) is 0 Å². The van der Waals surface area contributed by atoms with E-state index in [-0.39, 0.29) is 5.60 Å². The van der Waals surface area contributed by atoms with E-state index in [2.05, 4.69) is 39.5 Å². The van der Waals surface area contributed by atoms with Crippen LogP contribution in [0.15, 0.2) is 40.5 Å². The van der Waals surface area contributed by atoms with Crippen molar-refractivity contribution in [2.24, 2.45) is 5.92 Å². The number of aryl methyl sites for hydroxylation is 1. The number of epoxide rings is 1. The Morgan fingerprint density at radius 2 is 2.18 bits per heavy atom. The predicted octanol–water partition coefficient (Wildman–Crippen LogP) is 5.23. The lowest BCUT2D eigenvalue weighted by Crippen LogP contribution is -2.16. The summed E-state index contributed by atoms with van der Waals surface area (Å²) >= 11 is 0. The first-order valence-corrected chi connectivity index (χ1v) is 8.51. The summed E-state index contributed by atoms with van der Waals surface area (Å²) in [5.41, 5.74) is 4.04. The minimum atomic E-state index is -0.0438. The molecule has 2 heteroatoms. The standard InChI is InChI=1S/C20H28O2/c1-14(2)17-9-8-15(3)6-5-7-16-10-18(21-13-16)12-20(4)19(11-17)22-20/h6,10,13,17,19H,1,5,7-9,11-12H2,2-4H3/t17-,19+,20+/m1/s1. The van der Waals surface area contributed by atoms with Gasteiger partial charge in [0.05, 0.1) is 18.0 Å². The molecular weight excluding hydrogens is 272 g/mol. The van der Waals surface area contributed by atoms with Crippen LogP contribution in [0.5, 0.6) is 0 Å². The third-order valence-corrected chi connectivity index (χ3v) is 5.28. The zero-order valence-corrected chi connectivity index (χ0v) is 14.2. The van der Waals surface area contributed by atoms with Crippen molar-refractivity contribution in [2.75, 3.05) is 0 Å². The fraction of sp³-hybridized carbons (Fsp3) is 0.600. The summed E-state index contributed by atoms with van der Waals surface area (Å²) in [7, 11) is 0. The Morgan fingerprint density at radius 3 is 2.95 bits per heavy atom. The molecule has 0 N–H and O–H groups in total. The molecule has 1 aromatic rings. The Hall–Kier alpha value is -1.28. The van der Waals surface area contributed by atoms with Crippen LogP contribution < -0.4 is 0 Å². The molecule has 1 aliphatic carbocycles. The number of rotatable bonds is 1. The zero-order valence-electron chi connectivity index (χ0n) is 14.2. The maximum atomic E-state index is 6.04. The van der Waals surface area contributed by atoms with Crippen LogP contribution in [0.4, 0.5) is 0 Å². The molecule has 0 saturated carbocycles. The second-order valence-electron chi connectivity index (χ2n) is 7.42. The summed E-state index contributed by atoms with van der Waals surface area (Å²) in [5.74, 6) is 1.62. The van der Waals surface area contributed by atoms with Gasteiger partial charge >= 0.3 is 0 Å². The fourth-order valence-electron chi connectivity index (χ4n) is 3.55. The first kappa shape index (κ1) is 15.6. The highest BCUT2D eigenvalue weighted by Gasteiger charge is 2.53.